The molecule has 12 heavy (non-hydrogen) atoms. The topological polar surface area (TPSA) is 24.1 Å². The maximum Gasteiger partial charge on any atom is 0.00767 e. The lowest BCUT2D eigenvalue weighted by molar-refractivity contribution is 0.580. The molecule has 2 nitrogen and oxygen atoms in total. The summed E-state index contributed by atoms with van der Waals surface area (Å²) in [6, 6.07) is 0. The highest BCUT2D eigenvalue weighted by Crippen LogP contribution is 1.82. The summed E-state index contributed by atoms with van der Waals surface area (Å²) in [7, 11) is 0. The van der Waals surface area contributed by atoms with E-state index in [2.05, 4.69) is 24.5 Å². The molecule has 2 N–H and O–H groups in total. The first-order chi connectivity index (χ1) is 5.91. The zero-order valence-corrected chi connectivity index (χ0v) is 8.66. The summed E-state index contributed by atoms with van der Waals surface area (Å²) in [5.41, 5.74) is 0. The molecule has 74 valence electrons. The van der Waals surface area contributed by atoms with Gasteiger partial charge in [-0.05, 0) is 25.9 Å². The third-order valence-corrected chi connectivity index (χ3v) is 1.89. The third kappa shape index (κ3) is 9.92. The lowest BCUT2D eigenvalue weighted by Gasteiger charge is -2.04. The highest BCUT2D eigenvalue weighted by atomic mass is 14.9. The Morgan fingerprint density at radius 1 is 0.667 bits per heavy atom. The van der Waals surface area contributed by atoms with Crippen molar-refractivity contribution in [2.24, 2.45) is 0 Å². The van der Waals surface area contributed by atoms with Crippen LogP contribution in [-0.2, 0) is 0 Å². The van der Waals surface area contributed by atoms with Crippen molar-refractivity contribution in [1.82, 2.24) is 10.6 Å². The second kappa shape index (κ2) is 10.9. The molecular formula is C10H24N2. The van der Waals surface area contributed by atoms with E-state index in [0.29, 0.717) is 0 Å². The maximum absolute atomic E-state index is 3.40. The summed E-state index contributed by atoms with van der Waals surface area (Å²) in [6.45, 7) is 9.02. The van der Waals surface area contributed by atoms with Gasteiger partial charge >= 0.3 is 0 Å². The van der Waals surface area contributed by atoms with E-state index in [4.69, 9.17) is 0 Å². The molecule has 0 spiro atoms. The van der Waals surface area contributed by atoms with Gasteiger partial charge in [-0.2, -0.15) is 0 Å². The SMILES string of the molecule is CCCCNCCNCCCC. The molecule has 0 unspecified atom stereocenters. The summed E-state index contributed by atoms with van der Waals surface area (Å²) in [6.07, 6.45) is 5.18. The fourth-order valence-electron chi connectivity index (χ4n) is 1.03. The molecular weight excluding hydrogens is 148 g/mol. The Kier molecular flexibility index (Phi) is 10.8. The van der Waals surface area contributed by atoms with Crippen LogP contribution in [0.3, 0.4) is 0 Å². The van der Waals surface area contributed by atoms with E-state index in [-0.39, 0.29) is 0 Å². The Balaban J connectivity index is 2.73. The van der Waals surface area contributed by atoms with Crippen molar-refractivity contribution in [1.29, 1.82) is 0 Å². The molecule has 0 aliphatic carbocycles. The zero-order chi connectivity index (χ0) is 9.07. The van der Waals surface area contributed by atoms with Crippen LogP contribution in [0.1, 0.15) is 39.5 Å². The molecule has 0 heterocycles. The van der Waals surface area contributed by atoms with Crippen molar-refractivity contribution < 1.29 is 0 Å². The van der Waals surface area contributed by atoms with E-state index >= 15 is 0 Å². The Morgan fingerprint density at radius 2 is 1.08 bits per heavy atom. The molecule has 0 radical (unpaired) electrons. The van der Waals surface area contributed by atoms with Gasteiger partial charge in [-0.25, -0.2) is 0 Å². The van der Waals surface area contributed by atoms with E-state index in [1.54, 1.807) is 0 Å². The quantitative estimate of drug-likeness (QED) is 0.518. The Hall–Kier alpha value is -0.0800. The lowest BCUT2D eigenvalue weighted by Crippen LogP contribution is -2.28. The van der Waals surface area contributed by atoms with Crippen LogP contribution in [0.15, 0.2) is 0 Å². The standard InChI is InChI=1S/C10H24N2/c1-3-5-7-11-9-10-12-8-6-4-2/h11-12H,3-10H2,1-2H3. The number of rotatable bonds is 9. The van der Waals surface area contributed by atoms with E-state index in [0.717, 1.165) is 13.1 Å². The van der Waals surface area contributed by atoms with Crippen LogP contribution in [0.4, 0.5) is 0 Å². The second-order valence-electron chi connectivity index (χ2n) is 3.21. The highest BCUT2D eigenvalue weighted by molar-refractivity contribution is 4.51. The molecule has 0 aromatic rings. The van der Waals surface area contributed by atoms with Gasteiger partial charge in [0.25, 0.3) is 0 Å². The summed E-state index contributed by atoms with van der Waals surface area (Å²) in [5, 5.41) is 6.80. The Morgan fingerprint density at radius 3 is 1.42 bits per heavy atom. The minimum atomic E-state index is 1.11. The van der Waals surface area contributed by atoms with Crippen LogP contribution in [-0.4, -0.2) is 26.2 Å². The third-order valence-electron chi connectivity index (χ3n) is 1.89. The van der Waals surface area contributed by atoms with Crippen molar-refractivity contribution in [3.8, 4) is 0 Å². The van der Waals surface area contributed by atoms with Crippen LogP contribution in [0.5, 0.6) is 0 Å². The monoisotopic (exact) mass is 172 g/mol. The lowest BCUT2D eigenvalue weighted by atomic mass is 10.3. The average Bonchev–Trinajstić information content (AvgIpc) is 2.10. The van der Waals surface area contributed by atoms with E-state index in [1.165, 1.54) is 38.8 Å². The Labute approximate surface area is 77.1 Å². The minimum absolute atomic E-state index is 1.11. The van der Waals surface area contributed by atoms with Gasteiger partial charge in [0.15, 0.2) is 0 Å². The first kappa shape index (κ1) is 11.9. The van der Waals surface area contributed by atoms with Gasteiger partial charge in [-0.15, -0.1) is 0 Å². The first-order valence-corrected chi connectivity index (χ1v) is 5.33. The summed E-state index contributed by atoms with van der Waals surface area (Å²) in [5.74, 6) is 0. The molecule has 2 heteroatoms. The normalized spacial score (nSPS) is 10.5. The van der Waals surface area contributed by atoms with E-state index in [9.17, 15) is 0 Å². The molecule has 0 aromatic heterocycles. The largest absolute Gasteiger partial charge is 0.315 e. The molecule has 0 aliphatic rings. The molecule has 0 rings (SSSR count). The van der Waals surface area contributed by atoms with Gasteiger partial charge in [0.1, 0.15) is 0 Å². The molecule has 0 bridgehead atoms. The van der Waals surface area contributed by atoms with Gasteiger partial charge < -0.3 is 10.6 Å². The molecule has 0 amide bonds. The molecule has 0 saturated carbocycles. The number of hydrogen-bond acceptors (Lipinski definition) is 2. The molecule has 0 aromatic carbocycles. The predicted molar refractivity (Wildman–Crippen MR) is 55.6 cm³/mol. The van der Waals surface area contributed by atoms with Gasteiger partial charge in [-0.3, -0.25) is 0 Å². The van der Waals surface area contributed by atoms with Crippen LogP contribution < -0.4 is 10.6 Å². The van der Waals surface area contributed by atoms with Crippen LogP contribution >= 0.6 is 0 Å². The summed E-state index contributed by atoms with van der Waals surface area (Å²) >= 11 is 0. The van der Waals surface area contributed by atoms with Crippen molar-refractivity contribution in [3.05, 3.63) is 0 Å². The predicted octanol–water partition coefficient (Wildman–Crippen LogP) is 1.77. The van der Waals surface area contributed by atoms with Gasteiger partial charge in [0.05, 0.1) is 0 Å². The molecule has 0 atom stereocenters. The van der Waals surface area contributed by atoms with Crippen molar-refractivity contribution in [3.63, 3.8) is 0 Å². The smallest absolute Gasteiger partial charge is 0.00767 e. The van der Waals surface area contributed by atoms with E-state index < -0.39 is 0 Å². The van der Waals surface area contributed by atoms with Crippen LogP contribution in [0, 0.1) is 0 Å². The van der Waals surface area contributed by atoms with Crippen LogP contribution in [0.25, 0.3) is 0 Å². The molecule has 0 saturated heterocycles. The Bertz CT molecular complexity index is 64.2. The summed E-state index contributed by atoms with van der Waals surface area (Å²) < 4.78 is 0. The van der Waals surface area contributed by atoms with Crippen molar-refractivity contribution in [2.75, 3.05) is 26.2 Å². The van der Waals surface area contributed by atoms with Gasteiger partial charge in [-0.1, -0.05) is 26.7 Å². The highest BCUT2D eigenvalue weighted by Gasteiger charge is 1.86. The second-order valence-corrected chi connectivity index (χ2v) is 3.21. The molecule has 0 aliphatic heterocycles. The van der Waals surface area contributed by atoms with Gasteiger partial charge in [0.2, 0.25) is 0 Å². The van der Waals surface area contributed by atoms with E-state index in [1.807, 2.05) is 0 Å². The number of hydrogen-bond donors (Lipinski definition) is 2. The van der Waals surface area contributed by atoms with Crippen molar-refractivity contribution in [2.45, 2.75) is 39.5 Å². The first-order valence-electron chi connectivity index (χ1n) is 5.33. The number of nitrogens with one attached hydrogen (secondary N) is 2. The van der Waals surface area contributed by atoms with Gasteiger partial charge in [0, 0.05) is 13.1 Å². The van der Waals surface area contributed by atoms with Crippen molar-refractivity contribution >= 4 is 0 Å². The maximum atomic E-state index is 3.40. The average molecular weight is 172 g/mol. The fraction of sp³-hybridized carbons (Fsp3) is 1.00. The number of unbranched alkanes of at least 4 members (excludes halogenated alkanes) is 2. The zero-order valence-electron chi connectivity index (χ0n) is 8.66. The molecule has 0 fully saturated rings. The fourth-order valence-corrected chi connectivity index (χ4v) is 1.03. The van der Waals surface area contributed by atoms with Crippen LogP contribution in [0.2, 0.25) is 0 Å². The summed E-state index contributed by atoms with van der Waals surface area (Å²) in [4.78, 5) is 0. The minimum Gasteiger partial charge on any atom is -0.315 e.